The quantitative estimate of drug-likeness (QED) is 0.509. The molecule has 8 heteroatoms. The van der Waals surface area contributed by atoms with Crippen molar-refractivity contribution in [3.8, 4) is 0 Å². The molecule has 0 fully saturated rings. The molecule has 1 N–H and O–H groups in total. The topological polar surface area (TPSA) is 82.6 Å². The van der Waals surface area contributed by atoms with Gasteiger partial charge < -0.3 is 15.1 Å². The van der Waals surface area contributed by atoms with Gasteiger partial charge in [-0.3, -0.25) is 19.4 Å². The highest BCUT2D eigenvalue weighted by Gasteiger charge is 2.40. The summed E-state index contributed by atoms with van der Waals surface area (Å²) < 4.78 is 14.1. The van der Waals surface area contributed by atoms with E-state index < -0.39 is 17.8 Å². The molecule has 2 aromatic carbocycles. The van der Waals surface area contributed by atoms with E-state index in [9.17, 15) is 18.8 Å². The fourth-order valence-electron chi connectivity index (χ4n) is 4.59. The highest BCUT2D eigenvalue weighted by Crippen LogP contribution is 2.32. The second kappa shape index (κ2) is 11.5. The number of pyridine rings is 1. The lowest BCUT2D eigenvalue weighted by atomic mass is 9.95. The fourth-order valence-corrected chi connectivity index (χ4v) is 4.59. The lowest BCUT2D eigenvalue weighted by molar-refractivity contribution is -0.141. The number of hydrogen-bond acceptors (Lipinski definition) is 4. The van der Waals surface area contributed by atoms with E-state index in [2.05, 4.69) is 10.3 Å². The Morgan fingerprint density at radius 1 is 1.03 bits per heavy atom. The van der Waals surface area contributed by atoms with Crippen LogP contribution in [0.3, 0.4) is 0 Å². The summed E-state index contributed by atoms with van der Waals surface area (Å²) in [7, 11) is 0. The first kappa shape index (κ1) is 27.0. The van der Waals surface area contributed by atoms with Gasteiger partial charge >= 0.3 is 0 Å². The minimum Gasteiger partial charge on any atom is -0.352 e. The summed E-state index contributed by atoms with van der Waals surface area (Å²) >= 11 is 0. The molecule has 3 amide bonds. The van der Waals surface area contributed by atoms with Crippen LogP contribution in [0.15, 0.2) is 73.1 Å². The minimum absolute atomic E-state index is 0.0106. The highest BCUT2D eigenvalue weighted by molar-refractivity contribution is 6.03. The number of carbonyl (C=O) groups is 3. The molecule has 1 aliphatic rings. The number of halogens is 1. The number of benzene rings is 2. The molecule has 38 heavy (non-hydrogen) atoms. The van der Waals surface area contributed by atoms with Crippen LogP contribution in [-0.4, -0.2) is 40.2 Å². The van der Waals surface area contributed by atoms with E-state index in [1.807, 2.05) is 45.0 Å². The van der Waals surface area contributed by atoms with Crippen molar-refractivity contribution in [2.45, 2.75) is 52.7 Å². The molecular formula is C30H33FN4O3. The Balaban J connectivity index is 1.65. The second-order valence-electron chi connectivity index (χ2n) is 10.8. The van der Waals surface area contributed by atoms with Gasteiger partial charge in [0, 0.05) is 43.3 Å². The Bertz CT molecular complexity index is 1310. The van der Waals surface area contributed by atoms with Crippen molar-refractivity contribution in [1.29, 1.82) is 0 Å². The SMILES string of the molecule is CC(C)(C)CN1C(=O)C(CC(=O)NCc2ccccc2F)N(C(=O)Cc2ccncc2)Cc2ccccc21. The molecule has 1 aliphatic heterocycles. The number of carbonyl (C=O) groups excluding carboxylic acids is 3. The third kappa shape index (κ3) is 6.62. The van der Waals surface area contributed by atoms with Crippen molar-refractivity contribution < 1.29 is 18.8 Å². The Labute approximate surface area is 222 Å². The van der Waals surface area contributed by atoms with E-state index in [1.165, 1.54) is 11.0 Å². The predicted molar refractivity (Wildman–Crippen MR) is 143 cm³/mol. The molecule has 0 radical (unpaired) electrons. The molecule has 0 aliphatic carbocycles. The van der Waals surface area contributed by atoms with Gasteiger partial charge in [-0.1, -0.05) is 57.2 Å². The first-order valence-corrected chi connectivity index (χ1v) is 12.7. The Morgan fingerprint density at radius 2 is 1.71 bits per heavy atom. The minimum atomic E-state index is -1.01. The number of hydrogen-bond donors (Lipinski definition) is 1. The average Bonchev–Trinajstić information content (AvgIpc) is 2.99. The molecule has 0 bridgehead atoms. The van der Waals surface area contributed by atoms with Crippen molar-refractivity contribution in [3.63, 3.8) is 0 Å². The smallest absolute Gasteiger partial charge is 0.250 e. The Hall–Kier alpha value is -4.07. The molecule has 1 aromatic heterocycles. The number of anilines is 1. The average molecular weight is 517 g/mol. The summed E-state index contributed by atoms with van der Waals surface area (Å²) in [6.07, 6.45) is 3.07. The fraction of sp³-hybridized carbons (Fsp3) is 0.333. The number of nitrogens with zero attached hydrogens (tertiary/aromatic N) is 3. The maximum atomic E-state index is 14.1. The van der Waals surface area contributed by atoms with Crippen LogP contribution < -0.4 is 10.2 Å². The third-order valence-electron chi connectivity index (χ3n) is 6.42. The number of para-hydroxylation sites is 1. The lowest BCUT2D eigenvalue weighted by Gasteiger charge is -2.33. The zero-order chi connectivity index (χ0) is 27.3. The number of aromatic nitrogens is 1. The van der Waals surface area contributed by atoms with E-state index in [-0.39, 0.29) is 43.2 Å². The number of rotatable bonds is 7. The largest absolute Gasteiger partial charge is 0.352 e. The zero-order valence-electron chi connectivity index (χ0n) is 22.0. The molecule has 0 saturated heterocycles. The highest BCUT2D eigenvalue weighted by atomic mass is 19.1. The van der Waals surface area contributed by atoms with E-state index in [0.29, 0.717) is 12.1 Å². The van der Waals surface area contributed by atoms with E-state index >= 15 is 0 Å². The van der Waals surface area contributed by atoms with Gasteiger partial charge in [0.2, 0.25) is 17.7 Å². The first-order chi connectivity index (χ1) is 18.1. The third-order valence-corrected chi connectivity index (χ3v) is 6.42. The van der Waals surface area contributed by atoms with Crippen LogP contribution in [0.4, 0.5) is 10.1 Å². The van der Waals surface area contributed by atoms with E-state index in [0.717, 1.165) is 16.8 Å². The lowest BCUT2D eigenvalue weighted by Crippen LogP contribution is -2.52. The summed E-state index contributed by atoms with van der Waals surface area (Å²) in [6.45, 7) is 6.71. The monoisotopic (exact) mass is 516 g/mol. The standard InChI is InChI=1S/C30H33FN4O3/c1-30(2,3)20-35-25-11-7-5-9-23(25)19-34(28(37)16-21-12-14-32-15-13-21)26(29(35)38)17-27(36)33-18-22-8-4-6-10-24(22)31/h4-15,26H,16-20H2,1-3H3,(H,33,36). The molecule has 0 saturated carbocycles. The van der Waals surface area contributed by atoms with Crippen molar-refractivity contribution >= 4 is 23.4 Å². The molecule has 4 rings (SSSR count). The molecule has 2 heterocycles. The van der Waals surface area contributed by atoms with Gasteiger partial charge in [-0.15, -0.1) is 0 Å². The van der Waals surface area contributed by atoms with E-state index in [1.54, 1.807) is 47.6 Å². The van der Waals surface area contributed by atoms with E-state index in [4.69, 9.17) is 0 Å². The van der Waals surface area contributed by atoms with Gasteiger partial charge in [-0.25, -0.2) is 4.39 Å². The normalized spacial score (nSPS) is 15.6. The first-order valence-electron chi connectivity index (χ1n) is 12.7. The van der Waals surface area contributed by atoms with Gasteiger partial charge in [0.15, 0.2) is 0 Å². The summed E-state index contributed by atoms with van der Waals surface area (Å²) in [6, 6.07) is 16.2. The van der Waals surface area contributed by atoms with Gasteiger partial charge in [0.25, 0.3) is 0 Å². The van der Waals surface area contributed by atoms with Crippen LogP contribution >= 0.6 is 0 Å². The molecule has 1 unspecified atom stereocenters. The molecule has 7 nitrogen and oxygen atoms in total. The maximum Gasteiger partial charge on any atom is 0.250 e. The van der Waals surface area contributed by atoms with Crippen LogP contribution in [-0.2, 0) is 33.9 Å². The van der Waals surface area contributed by atoms with Crippen LogP contribution in [0.1, 0.15) is 43.9 Å². The maximum absolute atomic E-state index is 14.1. The molecule has 198 valence electrons. The summed E-state index contributed by atoms with van der Waals surface area (Å²) in [4.78, 5) is 48.0. The van der Waals surface area contributed by atoms with Crippen LogP contribution in [0, 0.1) is 11.2 Å². The van der Waals surface area contributed by atoms with Crippen molar-refractivity contribution in [2.75, 3.05) is 11.4 Å². The number of nitrogens with one attached hydrogen (secondary N) is 1. The molecular weight excluding hydrogens is 483 g/mol. The number of amides is 3. The summed E-state index contributed by atoms with van der Waals surface area (Å²) in [5.41, 5.74) is 2.46. The number of fused-ring (bicyclic) bond motifs is 1. The second-order valence-corrected chi connectivity index (χ2v) is 10.8. The Kier molecular flexibility index (Phi) is 8.20. The summed E-state index contributed by atoms with van der Waals surface area (Å²) in [5.74, 6) is -1.42. The van der Waals surface area contributed by atoms with Crippen molar-refractivity contribution in [3.05, 3.63) is 95.6 Å². The van der Waals surface area contributed by atoms with Crippen molar-refractivity contribution in [2.24, 2.45) is 5.41 Å². The summed E-state index contributed by atoms with van der Waals surface area (Å²) in [5, 5.41) is 2.73. The van der Waals surface area contributed by atoms with Crippen molar-refractivity contribution in [1.82, 2.24) is 15.2 Å². The van der Waals surface area contributed by atoms with Crippen LogP contribution in [0.25, 0.3) is 0 Å². The Morgan fingerprint density at radius 3 is 2.42 bits per heavy atom. The molecule has 3 aromatic rings. The van der Waals surface area contributed by atoms with Gasteiger partial charge in [0.1, 0.15) is 11.9 Å². The zero-order valence-corrected chi connectivity index (χ0v) is 22.0. The predicted octanol–water partition coefficient (Wildman–Crippen LogP) is 4.26. The molecule has 1 atom stereocenters. The molecule has 0 spiro atoms. The van der Waals surface area contributed by atoms with Crippen LogP contribution in [0.5, 0.6) is 0 Å². The van der Waals surface area contributed by atoms with Gasteiger partial charge in [-0.05, 0) is 40.8 Å². The van der Waals surface area contributed by atoms with Crippen LogP contribution in [0.2, 0.25) is 0 Å². The van der Waals surface area contributed by atoms with Gasteiger partial charge in [0.05, 0.1) is 12.8 Å². The van der Waals surface area contributed by atoms with Gasteiger partial charge in [-0.2, -0.15) is 0 Å².